The fraction of sp³-hybridized carbons (Fsp3) is 0.667. The van der Waals surface area contributed by atoms with Crippen molar-refractivity contribution >= 4 is 5.91 Å². The van der Waals surface area contributed by atoms with Crippen LogP contribution in [0.2, 0.25) is 0 Å². The average Bonchev–Trinajstić information content (AvgIpc) is 3.13. The molecule has 1 atom stereocenters. The SMILES string of the molecule is CN(C)C(=O)c1ccc(CN2CCC3(CCNC3)C2)[nH]1. The molecule has 1 aromatic rings. The molecule has 3 heterocycles. The first-order chi connectivity index (χ1) is 9.58. The Balaban J connectivity index is 1.60. The van der Waals surface area contributed by atoms with Crippen LogP contribution in [0.15, 0.2) is 12.1 Å². The summed E-state index contributed by atoms with van der Waals surface area (Å²) < 4.78 is 0. The lowest BCUT2D eigenvalue weighted by atomic mass is 9.87. The van der Waals surface area contributed by atoms with Gasteiger partial charge >= 0.3 is 0 Å². The summed E-state index contributed by atoms with van der Waals surface area (Å²) in [5, 5.41) is 3.49. The number of H-pyrrole nitrogens is 1. The van der Waals surface area contributed by atoms with Crippen LogP contribution in [-0.2, 0) is 6.54 Å². The fourth-order valence-electron chi connectivity index (χ4n) is 3.45. The second-order valence-electron chi connectivity index (χ2n) is 6.48. The molecule has 20 heavy (non-hydrogen) atoms. The average molecular weight is 276 g/mol. The lowest BCUT2D eigenvalue weighted by Crippen LogP contribution is -2.29. The van der Waals surface area contributed by atoms with Crippen molar-refractivity contribution in [3.05, 3.63) is 23.5 Å². The van der Waals surface area contributed by atoms with E-state index in [2.05, 4.69) is 15.2 Å². The smallest absolute Gasteiger partial charge is 0.269 e. The molecular weight excluding hydrogens is 252 g/mol. The molecule has 0 aromatic carbocycles. The first-order valence-corrected chi connectivity index (χ1v) is 7.41. The maximum atomic E-state index is 11.9. The molecule has 0 bridgehead atoms. The van der Waals surface area contributed by atoms with Gasteiger partial charge in [-0.1, -0.05) is 0 Å². The lowest BCUT2D eigenvalue weighted by Gasteiger charge is -2.22. The quantitative estimate of drug-likeness (QED) is 0.862. The Labute approximate surface area is 120 Å². The van der Waals surface area contributed by atoms with Crippen LogP contribution in [-0.4, -0.2) is 61.0 Å². The van der Waals surface area contributed by atoms with Crippen LogP contribution >= 0.6 is 0 Å². The van der Waals surface area contributed by atoms with Gasteiger partial charge in [0, 0.05) is 39.4 Å². The van der Waals surface area contributed by atoms with E-state index >= 15 is 0 Å². The van der Waals surface area contributed by atoms with Gasteiger partial charge in [0.2, 0.25) is 0 Å². The maximum Gasteiger partial charge on any atom is 0.269 e. The summed E-state index contributed by atoms with van der Waals surface area (Å²) in [5.74, 6) is 0.0362. The fourth-order valence-corrected chi connectivity index (χ4v) is 3.45. The van der Waals surface area contributed by atoms with Crippen molar-refractivity contribution in [3.8, 4) is 0 Å². The van der Waals surface area contributed by atoms with Crippen LogP contribution < -0.4 is 5.32 Å². The van der Waals surface area contributed by atoms with E-state index in [1.54, 1.807) is 19.0 Å². The van der Waals surface area contributed by atoms with Crippen molar-refractivity contribution in [1.29, 1.82) is 0 Å². The molecule has 2 N–H and O–H groups in total. The number of rotatable bonds is 3. The monoisotopic (exact) mass is 276 g/mol. The first-order valence-electron chi connectivity index (χ1n) is 7.41. The van der Waals surface area contributed by atoms with Gasteiger partial charge < -0.3 is 15.2 Å². The van der Waals surface area contributed by atoms with Gasteiger partial charge in [-0.15, -0.1) is 0 Å². The number of aromatic nitrogens is 1. The van der Waals surface area contributed by atoms with Crippen LogP contribution in [0.1, 0.15) is 29.0 Å². The molecule has 1 unspecified atom stereocenters. The number of amides is 1. The number of likely N-dealkylation sites (tertiary alicyclic amines) is 1. The Kier molecular flexibility index (Phi) is 3.56. The minimum absolute atomic E-state index is 0.0362. The predicted octanol–water partition coefficient (Wildman–Crippen LogP) is 0.902. The number of nitrogens with one attached hydrogen (secondary N) is 2. The molecule has 2 aliphatic rings. The summed E-state index contributed by atoms with van der Waals surface area (Å²) in [5.41, 5.74) is 2.33. The molecule has 1 amide bonds. The zero-order chi connectivity index (χ0) is 14.2. The summed E-state index contributed by atoms with van der Waals surface area (Å²) in [6, 6.07) is 3.93. The number of aromatic amines is 1. The molecule has 3 rings (SSSR count). The van der Waals surface area contributed by atoms with E-state index in [4.69, 9.17) is 0 Å². The molecule has 0 aliphatic carbocycles. The van der Waals surface area contributed by atoms with Gasteiger partial charge in [0.05, 0.1) is 0 Å². The molecule has 2 fully saturated rings. The highest BCUT2D eigenvalue weighted by Gasteiger charge is 2.40. The van der Waals surface area contributed by atoms with E-state index in [0.29, 0.717) is 11.1 Å². The topological polar surface area (TPSA) is 51.4 Å². The largest absolute Gasteiger partial charge is 0.353 e. The normalized spacial score (nSPS) is 26.5. The van der Waals surface area contributed by atoms with E-state index in [1.807, 2.05) is 12.1 Å². The van der Waals surface area contributed by atoms with Crippen LogP contribution in [0.5, 0.6) is 0 Å². The van der Waals surface area contributed by atoms with Gasteiger partial charge in [-0.05, 0) is 43.5 Å². The summed E-state index contributed by atoms with van der Waals surface area (Å²) in [6.07, 6.45) is 2.60. The molecule has 1 spiro atoms. The van der Waals surface area contributed by atoms with Crippen LogP contribution in [0.4, 0.5) is 0 Å². The van der Waals surface area contributed by atoms with Gasteiger partial charge in [0.1, 0.15) is 5.69 Å². The Morgan fingerprint density at radius 1 is 1.40 bits per heavy atom. The van der Waals surface area contributed by atoms with Crippen molar-refractivity contribution < 1.29 is 4.79 Å². The highest BCUT2D eigenvalue weighted by atomic mass is 16.2. The zero-order valence-corrected chi connectivity index (χ0v) is 12.4. The molecular formula is C15H24N4O. The van der Waals surface area contributed by atoms with Crippen molar-refractivity contribution in [2.45, 2.75) is 19.4 Å². The van der Waals surface area contributed by atoms with Gasteiger partial charge in [0.15, 0.2) is 0 Å². The third-order valence-corrected chi connectivity index (χ3v) is 4.63. The number of carbonyl (C=O) groups excluding carboxylic acids is 1. The summed E-state index contributed by atoms with van der Waals surface area (Å²) >= 11 is 0. The Morgan fingerprint density at radius 2 is 2.25 bits per heavy atom. The number of nitrogens with zero attached hydrogens (tertiary/aromatic N) is 2. The van der Waals surface area contributed by atoms with Crippen molar-refractivity contribution in [2.24, 2.45) is 5.41 Å². The predicted molar refractivity (Wildman–Crippen MR) is 78.6 cm³/mol. The van der Waals surface area contributed by atoms with E-state index in [1.165, 1.54) is 25.9 Å². The number of carbonyl (C=O) groups is 1. The first kappa shape index (κ1) is 13.6. The van der Waals surface area contributed by atoms with Gasteiger partial charge in [-0.2, -0.15) is 0 Å². The minimum atomic E-state index is 0.0362. The molecule has 110 valence electrons. The molecule has 2 aliphatic heterocycles. The third kappa shape index (κ3) is 2.60. The molecule has 2 saturated heterocycles. The van der Waals surface area contributed by atoms with E-state index < -0.39 is 0 Å². The van der Waals surface area contributed by atoms with Gasteiger partial charge in [-0.3, -0.25) is 9.69 Å². The third-order valence-electron chi connectivity index (χ3n) is 4.63. The van der Waals surface area contributed by atoms with Crippen molar-refractivity contribution in [3.63, 3.8) is 0 Å². The molecule has 5 heteroatoms. The Hall–Kier alpha value is -1.33. The maximum absolute atomic E-state index is 11.9. The van der Waals surface area contributed by atoms with E-state index in [0.717, 1.165) is 25.3 Å². The second kappa shape index (κ2) is 5.22. The number of hydrogen-bond acceptors (Lipinski definition) is 3. The Bertz CT molecular complexity index is 488. The molecule has 5 nitrogen and oxygen atoms in total. The highest BCUT2D eigenvalue weighted by Crippen LogP contribution is 2.36. The van der Waals surface area contributed by atoms with E-state index in [-0.39, 0.29) is 5.91 Å². The van der Waals surface area contributed by atoms with Crippen LogP contribution in [0, 0.1) is 5.41 Å². The summed E-state index contributed by atoms with van der Waals surface area (Å²) in [7, 11) is 3.56. The van der Waals surface area contributed by atoms with Gasteiger partial charge in [-0.25, -0.2) is 0 Å². The second-order valence-corrected chi connectivity index (χ2v) is 6.48. The Morgan fingerprint density at radius 3 is 2.95 bits per heavy atom. The molecule has 1 aromatic heterocycles. The van der Waals surface area contributed by atoms with Gasteiger partial charge in [0.25, 0.3) is 5.91 Å². The standard InChI is InChI=1S/C15H24N4O/c1-18(2)14(20)13-4-3-12(17-13)9-19-8-6-15(11-19)5-7-16-10-15/h3-4,16-17H,5-11H2,1-2H3. The van der Waals surface area contributed by atoms with Crippen molar-refractivity contribution in [1.82, 2.24) is 20.1 Å². The summed E-state index contributed by atoms with van der Waals surface area (Å²) in [6.45, 7) is 5.59. The minimum Gasteiger partial charge on any atom is -0.353 e. The van der Waals surface area contributed by atoms with Crippen LogP contribution in [0.25, 0.3) is 0 Å². The van der Waals surface area contributed by atoms with Crippen molar-refractivity contribution in [2.75, 3.05) is 40.3 Å². The van der Waals surface area contributed by atoms with E-state index in [9.17, 15) is 4.79 Å². The molecule has 0 radical (unpaired) electrons. The zero-order valence-electron chi connectivity index (χ0n) is 12.4. The molecule has 0 saturated carbocycles. The highest BCUT2D eigenvalue weighted by molar-refractivity contribution is 5.92. The van der Waals surface area contributed by atoms with Crippen LogP contribution in [0.3, 0.4) is 0 Å². The number of hydrogen-bond donors (Lipinski definition) is 2. The lowest BCUT2D eigenvalue weighted by molar-refractivity contribution is 0.0822. The summed E-state index contributed by atoms with van der Waals surface area (Å²) in [4.78, 5) is 19.2.